The molecule has 0 heterocycles. The van der Waals surface area contributed by atoms with Gasteiger partial charge in [0.2, 0.25) is 10.0 Å². The summed E-state index contributed by atoms with van der Waals surface area (Å²) in [7, 11) is -4.13. The number of aliphatic hydroxyl groups is 1. The van der Waals surface area contributed by atoms with Gasteiger partial charge in [-0.1, -0.05) is 77.9 Å². The SMILES string of the molecule is Cc1ccc([C@H](O)[C@@](C)(NS(=O)(=O)c2ccc(C)cc2)C(=O)OCc2ccccc2)cc1. The van der Waals surface area contributed by atoms with E-state index in [1.54, 1.807) is 48.5 Å². The molecular weight excluding hydrogens is 426 g/mol. The fraction of sp³-hybridized carbons (Fsp3) is 0.240. The molecule has 0 unspecified atom stereocenters. The Labute approximate surface area is 188 Å². The van der Waals surface area contributed by atoms with Crippen LogP contribution < -0.4 is 4.72 Å². The summed E-state index contributed by atoms with van der Waals surface area (Å²) in [5.41, 5.74) is 1.03. The topological polar surface area (TPSA) is 92.7 Å². The van der Waals surface area contributed by atoms with E-state index in [4.69, 9.17) is 4.74 Å². The summed E-state index contributed by atoms with van der Waals surface area (Å²) in [5, 5.41) is 11.1. The molecule has 0 aliphatic heterocycles. The molecule has 3 rings (SSSR count). The molecule has 7 heteroatoms. The maximum absolute atomic E-state index is 13.2. The Hall–Kier alpha value is -3.00. The third kappa shape index (κ3) is 5.43. The lowest BCUT2D eigenvalue weighted by molar-refractivity contribution is -0.156. The van der Waals surface area contributed by atoms with E-state index < -0.39 is 27.6 Å². The maximum atomic E-state index is 13.2. The second-order valence-electron chi connectivity index (χ2n) is 8.00. The largest absolute Gasteiger partial charge is 0.459 e. The summed E-state index contributed by atoms with van der Waals surface area (Å²) >= 11 is 0. The smallest absolute Gasteiger partial charge is 0.330 e. The molecule has 0 aromatic heterocycles. The minimum absolute atomic E-state index is 0.0127. The molecule has 0 radical (unpaired) electrons. The summed E-state index contributed by atoms with van der Waals surface area (Å²) in [6.07, 6.45) is -1.48. The van der Waals surface area contributed by atoms with Crippen LogP contribution in [0.1, 0.15) is 35.3 Å². The molecule has 6 nitrogen and oxygen atoms in total. The number of carbonyl (C=O) groups excluding carboxylic acids is 1. The number of esters is 1. The molecule has 0 amide bonds. The highest BCUT2D eigenvalue weighted by Gasteiger charge is 2.46. The molecular formula is C25H27NO5S. The van der Waals surface area contributed by atoms with E-state index in [1.807, 2.05) is 32.0 Å². The van der Waals surface area contributed by atoms with Crippen LogP contribution >= 0.6 is 0 Å². The molecule has 0 aliphatic carbocycles. The van der Waals surface area contributed by atoms with Crippen molar-refractivity contribution in [2.75, 3.05) is 0 Å². The van der Waals surface area contributed by atoms with Gasteiger partial charge in [-0.25, -0.2) is 13.2 Å². The molecule has 0 aliphatic rings. The molecule has 2 N–H and O–H groups in total. The molecule has 3 aromatic rings. The number of aliphatic hydroxyl groups excluding tert-OH is 1. The Morgan fingerprint density at radius 2 is 1.47 bits per heavy atom. The quantitative estimate of drug-likeness (QED) is 0.506. The number of sulfonamides is 1. The van der Waals surface area contributed by atoms with Crippen molar-refractivity contribution < 1.29 is 23.1 Å². The number of nitrogens with one attached hydrogen (secondary N) is 1. The van der Waals surface area contributed by atoms with Crippen LogP contribution in [0.25, 0.3) is 0 Å². The number of hydrogen-bond acceptors (Lipinski definition) is 5. The first-order valence-electron chi connectivity index (χ1n) is 10.2. The third-order valence-electron chi connectivity index (χ3n) is 5.25. The average Bonchev–Trinajstić information content (AvgIpc) is 2.78. The van der Waals surface area contributed by atoms with Crippen LogP contribution in [0.5, 0.6) is 0 Å². The molecule has 3 aromatic carbocycles. The number of benzene rings is 3. The van der Waals surface area contributed by atoms with Gasteiger partial charge in [0.25, 0.3) is 0 Å². The molecule has 168 valence electrons. The van der Waals surface area contributed by atoms with E-state index >= 15 is 0 Å². The number of carbonyl (C=O) groups is 1. The third-order valence-corrected chi connectivity index (χ3v) is 6.84. The second kappa shape index (κ2) is 9.65. The lowest BCUT2D eigenvalue weighted by atomic mass is 9.90. The predicted octanol–water partition coefficient (Wildman–Crippen LogP) is 3.82. The highest BCUT2D eigenvalue weighted by atomic mass is 32.2. The number of ether oxygens (including phenoxy) is 1. The van der Waals surface area contributed by atoms with Crippen LogP contribution in [0.4, 0.5) is 0 Å². The van der Waals surface area contributed by atoms with E-state index in [0.717, 1.165) is 16.7 Å². The maximum Gasteiger partial charge on any atom is 0.330 e. The van der Waals surface area contributed by atoms with Gasteiger partial charge in [0, 0.05) is 0 Å². The number of rotatable bonds is 8. The van der Waals surface area contributed by atoms with Crippen molar-refractivity contribution in [2.45, 2.75) is 43.9 Å². The Bertz CT molecular complexity index is 1160. The molecule has 2 atom stereocenters. The fourth-order valence-corrected chi connectivity index (χ4v) is 4.59. The number of hydrogen-bond donors (Lipinski definition) is 2. The minimum atomic E-state index is -4.13. The van der Waals surface area contributed by atoms with E-state index in [0.29, 0.717) is 5.56 Å². The first-order chi connectivity index (χ1) is 15.1. The Balaban J connectivity index is 1.94. The lowest BCUT2D eigenvalue weighted by Gasteiger charge is -2.33. The van der Waals surface area contributed by atoms with Crippen molar-refractivity contribution >= 4 is 16.0 Å². The first kappa shape index (κ1) is 23.7. The van der Waals surface area contributed by atoms with Gasteiger partial charge in [0.15, 0.2) is 5.54 Å². The van der Waals surface area contributed by atoms with Crippen molar-refractivity contribution in [1.82, 2.24) is 4.72 Å². The van der Waals surface area contributed by atoms with Crippen molar-refractivity contribution in [3.63, 3.8) is 0 Å². The van der Waals surface area contributed by atoms with Gasteiger partial charge in [0.1, 0.15) is 12.7 Å². The Morgan fingerprint density at radius 1 is 0.938 bits per heavy atom. The first-order valence-corrected chi connectivity index (χ1v) is 11.7. The van der Waals surface area contributed by atoms with Crippen molar-refractivity contribution in [3.8, 4) is 0 Å². The highest BCUT2D eigenvalue weighted by molar-refractivity contribution is 7.89. The summed E-state index contributed by atoms with van der Waals surface area (Å²) in [4.78, 5) is 13.2. The van der Waals surface area contributed by atoms with Crippen LogP contribution in [-0.4, -0.2) is 25.0 Å². The van der Waals surface area contributed by atoms with Crippen molar-refractivity contribution in [2.24, 2.45) is 0 Å². The summed E-state index contributed by atoms with van der Waals surface area (Å²) < 4.78 is 34.0. The van der Waals surface area contributed by atoms with Crippen molar-refractivity contribution in [3.05, 3.63) is 101 Å². The molecule has 0 bridgehead atoms. The van der Waals surface area contributed by atoms with Gasteiger partial charge >= 0.3 is 5.97 Å². The van der Waals surface area contributed by atoms with Gasteiger partial charge in [-0.2, -0.15) is 4.72 Å². The fourth-order valence-electron chi connectivity index (χ4n) is 3.22. The van der Waals surface area contributed by atoms with Crippen LogP contribution in [-0.2, 0) is 26.2 Å². The van der Waals surface area contributed by atoms with Crippen LogP contribution in [0.15, 0.2) is 83.8 Å². The van der Waals surface area contributed by atoms with Crippen LogP contribution in [0, 0.1) is 13.8 Å². The van der Waals surface area contributed by atoms with Gasteiger partial charge in [-0.15, -0.1) is 0 Å². The van der Waals surface area contributed by atoms with Gasteiger partial charge in [0.05, 0.1) is 4.90 Å². The van der Waals surface area contributed by atoms with E-state index in [9.17, 15) is 18.3 Å². The summed E-state index contributed by atoms with van der Waals surface area (Å²) in [6.45, 7) is 5.01. The normalized spacial score (nSPS) is 14.4. The standard InChI is InChI=1S/C25H27NO5S/c1-18-9-13-21(14-10-18)23(27)25(3,24(28)31-17-20-7-5-4-6-8-20)26-32(29,30)22-15-11-19(2)12-16-22/h4-16,23,26-27H,17H2,1-3H3/t23-,25+/m0/s1. The minimum Gasteiger partial charge on any atom is -0.459 e. The summed E-state index contributed by atoms with van der Waals surface area (Å²) in [5.74, 6) is -0.884. The molecule has 0 spiro atoms. The van der Waals surface area contributed by atoms with E-state index in [2.05, 4.69) is 4.72 Å². The monoisotopic (exact) mass is 453 g/mol. The van der Waals surface area contributed by atoms with E-state index in [-0.39, 0.29) is 11.5 Å². The highest BCUT2D eigenvalue weighted by Crippen LogP contribution is 2.30. The molecule has 0 fully saturated rings. The lowest BCUT2D eigenvalue weighted by Crippen LogP contribution is -2.56. The van der Waals surface area contributed by atoms with Crippen LogP contribution in [0.3, 0.4) is 0 Å². The Morgan fingerprint density at radius 3 is 2.03 bits per heavy atom. The second-order valence-corrected chi connectivity index (χ2v) is 9.68. The number of aryl methyl sites for hydroxylation is 2. The average molecular weight is 454 g/mol. The van der Waals surface area contributed by atoms with Gasteiger partial charge in [-0.05, 0) is 44.0 Å². The van der Waals surface area contributed by atoms with Gasteiger partial charge in [-0.3, -0.25) is 0 Å². The van der Waals surface area contributed by atoms with Crippen molar-refractivity contribution in [1.29, 1.82) is 0 Å². The zero-order valence-corrected chi connectivity index (χ0v) is 19.1. The molecule has 32 heavy (non-hydrogen) atoms. The Kier molecular flexibility index (Phi) is 7.13. The van der Waals surface area contributed by atoms with E-state index in [1.165, 1.54) is 19.1 Å². The predicted molar refractivity (Wildman–Crippen MR) is 122 cm³/mol. The molecule has 0 saturated carbocycles. The molecule has 0 saturated heterocycles. The van der Waals surface area contributed by atoms with Crippen LogP contribution in [0.2, 0.25) is 0 Å². The zero-order valence-electron chi connectivity index (χ0n) is 18.3. The van der Waals surface area contributed by atoms with Gasteiger partial charge < -0.3 is 9.84 Å². The zero-order chi connectivity index (χ0) is 23.4. The summed E-state index contributed by atoms with van der Waals surface area (Å²) in [6, 6.07) is 22.1.